The third-order valence-electron chi connectivity index (χ3n) is 3.09. The lowest BCUT2D eigenvalue weighted by Crippen LogP contribution is -1.84. The number of ether oxygens (including phenoxy) is 1. The van der Waals surface area contributed by atoms with E-state index in [9.17, 15) is 0 Å². The molecule has 0 aromatic heterocycles. The molecule has 24 heavy (non-hydrogen) atoms. The van der Waals surface area contributed by atoms with E-state index in [2.05, 4.69) is 46.8 Å². The van der Waals surface area contributed by atoms with E-state index in [1.54, 1.807) is 7.11 Å². The highest BCUT2D eigenvalue weighted by molar-refractivity contribution is 5.13. The van der Waals surface area contributed by atoms with Crippen LogP contribution in [0.4, 0.5) is 0 Å². The Morgan fingerprint density at radius 3 is 1.25 bits per heavy atom. The average Bonchev–Trinajstić information content (AvgIpc) is 2.64. The first-order chi connectivity index (χ1) is 11.7. The first-order valence-corrected chi connectivity index (χ1v) is 9.20. The molecule has 2 aromatic carbocycles. The maximum atomic E-state index is 4.93. The predicted octanol–water partition coefficient (Wildman–Crippen LogP) is 7.44. The Hall–Kier alpha value is -1.60. The normalized spacial score (nSPS) is 8.58. The summed E-state index contributed by atoms with van der Waals surface area (Å²) in [6, 6.07) is 20.4. The summed E-state index contributed by atoms with van der Waals surface area (Å²) in [5.41, 5.74) is 2.54. The highest BCUT2D eigenvalue weighted by Crippen LogP contribution is 1.98. The molecule has 2 rings (SSSR count). The van der Waals surface area contributed by atoms with Crippen molar-refractivity contribution in [2.24, 2.45) is 0 Å². The molecule has 0 bridgehead atoms. The zero-order chi connectivity index (χ0) is 18.5. The lowest BCUT2D eigenvalue weighted by molar-refractivity contribution is 0.185. The number of benzene rings is 2. The fourth-order valence-corrected chi connectivity index (χ4v) is 1.28. The summed E-state index contributed by atoms with van der Waals surface area (Å²) in [6.07, 6.45) is 5.28. The van der Waals surface area contributed by atoms with Crippen molar-refractivity contribution >= 4 is 0 Å². The van der Waals surface area contributed by atoms with Crippen LogP contribution in [0.3, 0.4) is 0 Å². The maximum absolute atomic E-state index is 4.93. The Labute approximate surface area is 151 Å². The zero-order valence-electron chi connectivity index (χ0n) is 16.7. The molecule has 2 aromatic rings. The second-order valence-corrected chi connectivity index (χ2v) is 5.57. The van der Waals surface area contributed by atoms with E-state index < -0.39 is 0 Å². The Kier molecular flexibility index (Phi) is 22.0. The van der Waals surface area contributed by atoms with Gasteiger partial charge in [-0.05, 0) is 12.5 Å². The molecule has 136 valence electrons. The summed E-state index contributed by atoms with van der Waals surface area (Å²) in [4.78, 5) is 0. The van der Waals surface area contributed by atoms with Crippen LogP contribution in [0.15, 0.2) is 60.7 Å². The fourth-order valence-electron chi connectivity index (χ4n) is 1.28. The van der Waals surface area contributed by atoms with Crippen LogP contribution >= 0.6 is 0 Å². The van der Waals surface area contributed by atoms with E-state index in [0.29, 0.717) is 6.61 Å². The summed E-state index contributed by atoms with van der Waals surface area (Å²) in [5, 5.41) is 0. The van der Waals surface area contributed by atoms with Gasteiger partial charge in [-0.2, -0.15) is 0 Å². The molecule has 0 unspecified atom stereocenters. The molecule has 0 spiro atoms. The quantitative estimate of drug-likeness (QED) is 0.566. The van der Waals surface area contributed by atoms with Gasteiger partial charge in [0.15, 0.2) is 0 Å². The van der Waals surface area contributed by atoms with E-state index in [1.165, 1.54) is 36.8 Å². The van der Waals surface area contributed by atoms with Crippen LogP contribution in [0.1, 0.15) is 64.5 Å². The maximum Gasteiger partial charge on any atom is 0.0713 e. The number of rotatable bonds is 4. The molecular formula is C23H38O. The summed E-state index contributed by atoms with van der Waals surface area (Å²) in [7, 11) is 1.70. The molecule has 0 aliphatic carbocycles. The van der Waals surface area contributed by atoms with Gasteiger partial charge in [0, 0.05) is 7.11 Å². The smallest absolute Gasteiger partial charge is 0.0713 e. The lowest BCUT2D eigenvalue weighted by Gasteiger charge is -1.95. The molecule has 0 saturated heterocycles. The van der Waals surface area contributed by atoms with Crippen LogP contribution in [0, 0.1) is 6.92 Å². The SMILES string of the molecule is CCCC.CCCC.COCc1ccccc1.Cc1ccccc1. The second-order valence-electron chi connectivity index (χ2n) is 5.57. The standard InChI is InChI=1S/C8H10O.C7H8.2C4H10/c1-9-7-8-5-3-2-4-6-8;1-7-5-3-2-4-6-7;2*1-3-4-2/h2-6H,7H2,1H3;2-6H,1H3;2*3-4H2,1-2H3. The minimum atomic E-state index is 0.709. The van der Waals surface area contributed by atoms with Crippen LogP contribution in [0.25, 0.3) is 0 Å². The van der Waals surface area contributed by atoms with Crippen LogP contribution in [-0.2, 0) is 11.3 Å². The Morgan fingerprint density at radius 2 is 1.00 bits per heavy atom. The van der Waals surface area contributed by atoms with E-state index in [4.69, 9.17) is 4.74 Å². The molecule has 0 radical (unpaired) electrons. The minimum Gasteiger partial charge on any atom is -0.380 e. The van der Waals surface area contributed by atoms with E-state index in [-0.39, 0.29) is 0 Å². The number of methoxy groups -OCH3 is 1. The molecule has 1 nitrogen and oxygen atoms in total. The predicted molar refractivity (Wildman–Crippen MR) is 109 cm³/mol. The Bertz CT molecular complexity index is 414. The van der Waals surface area contributed by atoms with Crippen molar-refractivity contribution in [1.82, 2.24) is 0 Å². The van der Waals surface area contributed by atoms with Crippen molar-refractivity contribution in [3.8, 4) is 0 Å². The fraction of sp³-hybridized carbons (Fsp3) is 0.478. The van der Waals surface area contributed by atoms with Crippen molar-refractivity contribution in [1.29, 1.82) is 0 Å². The van der Waals surface area contributed by atoms with Gasteiger partial charge >= 0.3 is 0 Å². The molecule has 0 saturated carbocycles. The Morgan fingerprint density at radius 1 is 0.625 bits per heavy atom. The summed E-state index contributed by atoms with van der Waals surface area (Å²) < 4.78 is 4.93. The van der Waals surface area contributed by atoms with Gasteiger partial charge in [-0.15, -0.1) is 0 Å². The molecule has 0 aliphatic rings. The van der Waals surface area contributed by atoms with Crippen molar-refractivity contribution < 1.29 is 4.74 Å². The molecule has 0 fully saturated rings. The highest BCUT2D eigenvalue weighted by atomic mass is 16.5. The van der Waals surface area contributed by atoms with Crippen LogP contribution in [0.2, 0.25) is 0 Å². The van der Waals surface area contributed by atoms with Crippen molar-refractivity contribution in [3.63, 3.8) is 0 Å². The van der Waals surface area contributed by atoms with Crippen LogP contribution in [0.5, 0.6) is 0 Å². The van der Waals surface area contributed by atoms with Gasteiger partial charge in [-0.3, -0.25) is 0 Å². The number of hydrogen-bond donors (Lipinski definition) is 0. The molecule has 0 N–H and O–H groups in total. The minimum absolute atomic E-state index is 0.709. The topological polar surface area (TPSA) is 9.23 Å². The summed E-state index contributed by atoms with van der Waals surface area (Å²) in [5.74, 6) is 0. The van der Waals surface area contributed by atoms with Crippen molar-refractivity contribution in [2.75, 3.05) is 7.11 Å². The molecule has 1 heteroatoms. The molecular weight excluding hydrogens is 292 g/mol. The van der Waals surface area contributed by atoms with E-state index in [1.807, 2.05) is 48.5 Å². The van der Waals surface area contributed by atoms with Gasteiger partial charge in [0.1, 0.15) is 0 Å². The third-order valence-corrected chi connectivity index (χ3v) is 3.09. The van der Waals surface area contributed by atoms with Gasteiger partial charge in [-0.25, -0.2) is 0 Å². The monoisotopic (exact) mass is 330 g/mol. The van der Waals surface area contributed by atoms with Gasteiger partial charge in [0.2, 0.25) is 0 Å². The molecule has 0 amide bonds. The number of hydrogen-bond acceptors (Lipinski definition) is 1. The first kappa shape index (κ1) is 24.6. The largest absolute Gasteiger partial charge is 0.380 e. The molecule has 0 heterocycles. The van der Waals surface area contributed by atoms with Crippen LogP contribution < -0.4 is 0 Å². The van der Waals surface area contributed by atoms with Gasteiger partial charge < -0.3 is 4.74 Å². The van der Waals surface area contributed by atoms with Gasteiger partial charge in [-0.1, -0.05) is 120 Å². The first-order valence-electron chi connectivity index (χ1n) is 9.20. The third kappa shape index (κ3) is 20.4. The van der Waals surface area contributed by atoms with E-state index >= 15 is 0 Å². The number of unbranched alkanes of at least 4 members (excludes halogenated alkanes) is 2. The van der Waals surface area contributed by atoms with Gasteiger partial charge in [0.05, 0.1) is 6.61 Å². The molecule has 0 aliphatic heterocycles. The zero-order valence-corrected chi connectivity index (χ0v) is 16.7. The highest BCUT2D eigenvalue weighted by Gasteiger charge is 1.84. The van der Waals surface area contributed by atoms with Crippen molar-refractivity contribution in [2.45, 2.75) is 66.9 Å². The summed E-state index contributed by atoms with van der Waals surface area (Å²) >= 11 is 0. The summed E-state index contributed by atoms with van der Waals surface area (Å²) in [6.45, 7) is 11.5. The lowest BCUT2D eigenvalue weighted by atomic mass is 10.2. The van der Waals surface area contributed by atoms with Crippen LogP contribution in [-0.4, -0.2) is 7.11 Å². The van der Waals surface area contributed by atoms with Crippen molar-refractivity contribution in [3.05, 3.63) is 71.8 Å². The van der Waals surface area contributed by atoms with Gasteiger partial charge in [0.25, 0.3) is 0 Å². The molecule has 0 atom stereocenters. The Balaban J connectivity index is 0. The average molecular weight is 331 g/mol. The second kappa shape index (κ2) is 21.4. The van der Waals surface area contributed by atoms with E-state index in [0.717, 1.165) is 0 Å². The number of aryl methyl sites for hydroxylation is 1.